The van der Waals surface area contributed by atoms with Crippen LogP contribution in [0.2, 0.25) is 5.02 Å². The van der Waals surface area contributed by atoms with Crippen LogP contribution in [0.3, 0.4) is 0 Å². The Hall–Kier alpha value is -3.09. The van der Waals surface area contributed by atoms with Crippen molar-refractivity contribution < 1.29 is 19.2 Å². The van der Waals surface area contributed by atoms with E-state index in [1.54, 1.807) is 31.1 Å². The maximum atomic E-state index is 11.7. The number of nitrogens with one attached hydrogen (secondary N) is 1. The maximum absolute atomic E-state index is 11.7. The number of amides is 3. The molecule has 13 heteroatoms. The summed E-state index contributed by atoms with van der Waals surface area (Å²) in [6.45, 7) is 1.90. The van der Waals surface area contributed by atoms with Crippen LogP contribution in [-0.2, 0) is 27.3 Å². The first-order valence-electron chi connectivity index (χ1n) is 11.8. The van der Waals surface area contributed by atoms with E-state index in [9.17, 15) is 19.2 Å². The van der Waals surface area contributed by atoms with E-state index in [0.717, 1.165) is 50.9 Å². The summed E-state index contributed by atoms with van der Waals surface area (Å²) < 4.78 is 0. The largest absolute Gasteiger partial charge is 0.384 e. The van der Waals surface area contributed by atoms with Crippen molar-refractivity contribution in [3.63, 3.8) is 0 Å². The number of nitrogen functional groups attached to an aromatic ring is 1. The number of aldehydes is 1. The number of carbonyl (C=O) groups excluding carboxylic acids is 4. The van der Waals surface area contributed by atoms with Crippen LogP contribution in [0.4, 0.5) is 5.82 Å². The molecular formula is C24H34ClN7O4S. The molecule has 2 aromatic heterocycles. The number of aromatic nitrogens is 2. The molecule has 0 spiro atoms. The Bertz CT molecular complexity index is 1050. The van der Waals surface area contributed by atoms with Crippen LogP contribution >= 0.6 is 22.9 Å². The van der Waals surface area contributed by atoms with Gasteiger partial charge >= 0.3 is 0 Å². The molecule has 1 aliphatic heterocycles. The number of thiazole rings is 1. The number of nitrogens with zero attached hydrogens (tertiary/aromatic N) is 4. The third kappa shape index (κ3) is 10.1. The van der Waals surface area contributed by atoms with Crippen molar-refractivity contribution in [3.8, 4) is 0 Å². The number of rotatable bonds is 4. The number of anilines is 1. The third-order valence-electron chi connectivity index (χ3n) is 5.85. The fourth-order valence-electron chi connectivity index (χ4n) is 3.90. The predicted molar refractivity (Wildman–Crippen MR) is 143 cm³/mol. The molecule has 0 bridgehead atoms. The van der Waals surface area contributed by atoms with E-state index in [-0.39, 0.29) is 24.2 Å². The number of primary amides is 1. The number of hydrogen-bond donors (Lipinski definition) is 3. The zero-order valence-corrected chi connectivity index (χ0v) is 22.8. The van der Waals surface area contributed by atoms with Gasteiger partial charge in [0, 0.05) is 56.6 Å². The molecule has 37 heavy (non-hydrogen) atoms. The summed E-state index contributed by atoms with van der Waals surface area (Å²) in [7, 11) is 5.57. The van der Waals surface area contributed by atoms with Gasteiger partial charge in [0.15, 0.2) is 5.01 Å². The topological polar surface area (TPSA) is 165 Å². The summed E-state index contributed by atoms with van der Waals surface area (Å²) in [5.41, 5.74) is 11.5. The zero-order valence-electron chi connectivity index (χ0n) is 21.3. The van der Waals surface area contributed by atoms with E-state index >= 15 is 0 Å². The number of halogens is 1. The van der Waals surface area contributed by atoms with Gasteiger partial charge in [-0.2, -0.15) is 0 Å². The second kappa shape index (κ2) is 14.6. The van der Waals surface area contributed by atoms with Gasteiger partial charge in [0.05, 0.1) is 10.7 Å². The highest BCUT2D eigenvalue weighted by Gasteiger charge is 2.27. The fraction of sp³-hybridized carbons (Fsp3) is 0.500. The minimum absolute atomic E-state index is 0.0453. The first-order valence-corrected chi connectivity index (χ1v) is 13.0. The molecule has 3 heterocycles. The second-order valence-corrected chi connectivity index (χ2v) is 10.6. The molecule has 202 valence electrons. The first-order chi connectivity index (χ1) is 17.5. The molecule has 0 saturated heterocycles. The normalized spacial score (nSPS) is 18.6. The average molecular weight is 552 g/mol. The number of fused-ring (bicyclic) bond motifs is 1. The Kier molecular flexibility index (Phi) is 11.9. The van der Waals surface area contributed by atoms with E-state index in [2.05, 4.69) is 27.2 Å². The van der Waals surface area contributed by atoms with Crippen LogP contribution in [0.15, 0.2) is 18.3 Å². The highest BCUT2D eigenvalue weighted by Crippen LogP contribution is 2.25. The summed E-state index contributed by atoms with van der Waals surface area (Å²) >= 11 is 6.91. The minimum atomic E-state index is -0.567. The molecule has 1 fully saturated rings. The van der Waals surface area contributed by atoms with Gasteiger partial charge in [-0.25, -0.2) is 9.97 Å². The summed E-state index contributed by atoms with van der Waals surface area (Å²) in [4.78, 5) is 56.5. The Morgan fingerprint density at radius 2 is 1.89 bits per heavy atom. The van der Waals surface area contributed by atoms with Crippen LogP contribution in [0.5, 0.6) is 0 Å². The van der Waals surface area contributed by atoms with Gasteiger partial charge in [0.1, 0.15) is 5.82 Å². The van der Waals surface area contributed by atoms with Gasteiger partial charge in [0.2, 0.25) is 12.2 Å². The molecule has 0 atom stereocenters. The molecule has 11 nitrogen and oxygen atoms in total. The van der Waals surface area contributed by atoms with Gasteiger partial charge in [-0.15, -0.1) is 11.3 Å². The lowest BCUT2D eigenvalue weighted by atomic mass is 9.85. The molecule has 0 radical (unpaired) electrons. The Morgan fingerprint density at radius 3 is 2.41 bits per heavy atom. The first kappa shape index (κ1) is 30.1. The number of hydrogen-bond acceptors (Lipinski definition) is 9. The molecule has 3 amide bonds. The van der Waals surface area contributed by atoms with E-state index in [1.807, 2.05) is 0 Å². The lowest BCUT2D eigenvalue weighted by Gasteiger charge is -2.29. The zero-order chi connectivity index (χ0) is 27.5. The van der Waals surface area contributed by atoms with Gasteiger partial charge in [-0.1, -0.05) is 11.6 Å². The van der Waals surface area contributed by atoms with Crippen molar-refractivity contribution in [2.45, 2.75) is 44.7 Å². The number of pyridine rings is 1. The SMILES string of the molecule is CN(C)C(=O)C1CCC(NC(=O)C=O)CC1.CN1CCc2nc(C(N)=O)sc2C1.Nc1ccc(Cl)cn1. The Morgan fingerprint density at radius 1 is 1.22 bits per heavy atom. The van der Waals surface area contributed by atoms with Gasteiger partial charge in [-0.05, 0) is 44.9 Å². The van der Waals surface area contributed by atoms with Crippen LogP contribution in [-0.4, -0.2) is 77.5 Å². The van der Waals surface area contributed by atoms with Gasteiger partial charge < -0.3 is 26.6 Å². The van der Waals surface area contributed by atoms with E-state index in [0.29, 0.717) is 15.8 Å². The molecule has 2 aromatic rings. The van der Waals surface area contributed by atoms with Crippen LogP contribution < -0.4 is 16.8 Å². The molecule has 1 aliphatic carbocycles. The van der Waals surface area contributed by atoms with Crippen molar-refractivity contribution >= 4 is 52.8 Å². The van der Waals surface area contributed by atoms with Crippen molar-refractivity contribution in [2.24, 2.45) is 11.7 Å². The smallest absolute Gasteiger partial charge is 0.284 e. The van der Waals surface area contributed by atoms with E-state index in [1.165, 1.54) is 22.4 Å². The average Bonchev–Trinajstić information content (AvgIpc) is 3.30. The van der Waals surface area contributed by atoms with E-state index in [4.69, 9.17) is 23.1 Å². The Labute approximate surface area is 225 Å². The summed E-state index contributed by atoms with van der Waals surface area (Å²) in [6.07, 6.45) is 5.82. The van der Waals surface area contributed by atoms with Crippen molar-refractivity contribution in [3.05, 3.63) is 38.9 Å². The lowest BCUT2D eigenvalue weighted by molar-refractivity contribution is -0.134. The van der Waals surface area contributed by atoms with Crippen LogP contribution in [0, 0.1) is 5.92 Å². The summed E-state index contributed by atoms with van der Waals surface area (Å²) in [5, 5.41) is 3.68. The molecule has 2 aliphatic rings. The highest BCUT2D eigenvalue weighted by molar-refractivity contribution is 7.13. The lowest BCUT2D eigenvalue weighted by Crippen LogP contribution is -2.41. The van der Waals surface area contributed by atoms with Gasteiger partial charge in [-0.3, -0.25) is 19.2 Å². The van der Waals surface area contributed by atoms with Crippen molar-refractivity contribution in [1.82, 2.24) is 25.1 Å². The van der Waals surface area contributed by atoms with Gasteiger partial charge in [0.25, 0.3) is 11.8 Å². The minimum Gasteiger partial charge on any atom is -0.384 e. The van der Waals surface area contributed by atoms with E-state index < -0.39 is 11.8 Å². The predicted octanol–water partition coefficient (Wildman–Crippen LogP) is 1.50. The van der Waals surface area contributed by atoms with Crippen LogP contribution in [0.25, 0.3) is 0 Å². The number of likely N-dealkylation sites (N-methyl/N-ethyl adjacent to an activating group) is 1. The molecule has 0 unspecified atom stereocenters. The molecule has 5 N–H and O–H groups in total. The standard InChI is InChI=1S/C11H18N2O3.C8H11N3OS.C5H5ClN2/c1-13(2)11(16)8-3-5-9(6-4-8)12-10(15)7-14;1-11-3-2-5-6(4-11)13-8(10-5)7(9)12;6-4-1-2-5(7)8-3-4/h7-9H,3-6H2,1-2H3,(H,12,15);2-4H2,1H3,(H2,9,12);1-3H,(H2,7,8). The third-order valence-corrected chi connectivity index (χ3v) is 7.17. The molecule has 1 saturated carbocycles. The Balaban J connectivity index is 0.000000205. The molecule has 0 aromatic carbocycles. The highest BCUT2D eigenvalue weighted by atomic mass is 35.5. The van der Waals surface area contributed by atoms with Crippen molar-refractivity contribution in [2.75, 3.05) is 33.4 Å². The monoisotopic (exact) mass is 551 g/mol. The maximum Gasteiger partial charge on any atom is 0.284 e. The molecular weight excluding hydrogens is 518 g/mol. The number of nitrogens with two attached hydrogens (primary N) is 2. The molecule has 4 rings (SSSR count). The second-order valence-electron chi connectivity index (χ2n) is 9.05. The van der Waals surface area contributed by atoms with Crippen molar-refractivity contribution in [1.29, 1.82) is 0 Å². The number of carbonyl (C=O) groups is 4. The quantitative estimate of drug-likeness (QED) is 0.380. The summed E-state index contributed by atoms with van der Waals surface area (Å²) in [6, 6.07) is 3.40. The fourth-order valence-corrected chi connectivity index (χ4v) is 5.05. The van der Waals surface area contributed by atoms with Crippen LogP contribution in [0.1, 0.15) is 46.1 Å². The summed E-state index contributed by atoms with van der Waals surface area (Å²) in [5.74, 6) is -0.265.